The summed E-state index contributed by atoms with van der Waals surface area (Å²) in [5, 5.41) is 22.0. The van der Waals surface area contributed by atoms with Crippen molar-refractivity contribution >= 4 is 11.9 Å². The lowest BCUT2D eigenvalue weighted by molar-refractivity contribution is -0.258. The summed E-state index contributed by atoms with van der Waals surface area (Å²) < 4.78 is 11.6. The Bertz CT molecular complexity index is 778. The molecule has 0 radical (unpaired) electrons. The van der Waals surface area contributed by atoms with Gasteiger partial charge in [0.25, 0.3) is 0 Å². The number of rotatable bonds is 3. The van der Waals surface area contributed by atoms with Gasteiger partial charge in [0.1, 0.15) is 12.2 Å². The van der Waals surface area contributed by atoms with Gasteiger partial charge in [0.05, 0.1) is 18.1 Å². The second-order valence-electron chi connectivity index (χ2n) is 11.0. The maximum atomic E-state index is 12.1. The molecule has 2 bridgehead atoms. The average molecular weight is 421 g/mol. The van der Waals surface area contributed by atoms with E-state index in [1.165, 1.54) is 13.8 Å². The molecule has 168 valence electrons. The molecule has 2 N–H and O–H groups in total. The summed E-state index contributed by atoms with van der Waals surface area (Å²) in [5.41, 5.74) is -1.70. The van der Waals surface area contributed by atoms with E-state index in [0.717, 1.165) is 19.3 Å². The molecule has 3 fully saturated rings. The van der Waals surface area contributed by atoms with Crippen molar-refractivity contribution in [2.75, 3.05) is 6.61 Å². The molecule has 4 aliphatic carbocycles. The van der Waals surface area contributed by atoms with E-state index in [9.17, 15) is 19.8 Å². The van der Waals surface area contributed by atoms with Crippen LogP contribution in [0.1, 0.15) is 66.7 Å². The first-order valence-corrected chi connectivity index (χ1v) is 11.3. The van der Waals surface area contributed by atoms with Crippen LogP contribution in [0, 0.1) is 33.5 Å². The molecule has 9 atom stereocenters. The number of hydrogen-bond acceptors (Lipinski definition) is 6. The molecule has 0 heterocycles. The van der Waals surface area contributed by atoms with Crippen molar-refractivity contribution in [1.82, 2.24) is 0 Å². The quantitative estimate of drug-likeness (QED) is 0.539. The molecule has 4 aliphatic rings. The normalized spacial score (nSPS) is 51.6. The van der Waals surface area contributed by atoms with E-state index in [4.69, 9.17) is 9.47 Å². The first-order chi connectivity index (χ1) is 13.9. The van der Waals surface area contributed by atoms with Crippen molar-refractivity contribution < 1.29 is 29.3 Å². The Morgan fingerprint density at radius 1 is 0.967 bits per heavy atom. The topological polar surface area (TPSA) is 93.1 Å². The van der Waals surface area contributed by atoms with Crippen molar-refractivity contribution in [3.63, 3.8) is 0 Å². The maximum Gasteiger partial charge on any atom is 0.302 e. The minimum absolute atomic E-state index is 0.00127. The van der Waals surface area contributed by atoms with Gasteiger partial charge in [-0.15, -0.1) is 0 Å². The van der Waals surface area contributed by atoms with Gasteiger partial charge in [-0.3, -0.25) is 9.59 Å². The third kappa shape index (κ3) is 2.68. The van der Waals surface area contributed by atoms with Crippen LogP contribution in [0.4, 0.5) is 0 Å². The molecule has 6 nitrogen and oxygen atoms in total. The van der Waals surface area contributed by atoms with E-state index in [2.05, 4.69) is 26.0 Å². The Morgan fingerprint density at radius 2 is 1.60 bits per heavy atom. The summed E-state index contributed by atoms with van der Waals surface area (Å²) in [7, 11) is 0. The monoisotopic (exact) mass is 420 g/mol. The zero-order valence-electron chi connectivity index (χ0n) is 18.8. The largest absolute Gasteiger partial charge is 0.462 e. The predicted octanol–water partition coefficient (Wildman–Crippen LogP) is 3.00. The van der Waals surface area contributed by atoms with Gasteiger partial charge in [-0.05, 0) is 49.4 Å². The van der Waals surface area contributed by atoms with Gasteiger partial charge in [0.2, 0.25) is 0 Å². The summed E-state index contributed by atoms with van der Waals surface area (Å²) >= 11 is 0. The molecular formula is C24H36O6. The SMILES string of the molecule is CC(=O)OC1CCC2(C)C(CC(OC(C)=O)C34C=CC(C)(CCC23)C4O)C1(C)CO. The highest BCUT2D eigenvalue weighted by Gasteiger charge is 2.72. The van der Waals surface area contributed by atoms with Gasteiger partial charge in [-0.1, -0.05) is 32.9 Å². The standard InChI is InChI=1S/C24H36O6/c1-14(26)29-18-7-9-22(4)16-6-8-21(3)10-11-24(16,20(21)28)19(30-15(2)27)12-17(22)23(18,5)13-25/h10-11,16-20,25,28H,6-9,12-13H2,1-5H3. The highest BCUT2D eigenvalue weighted by Crippen LogP contribution is 2.72. The molecule has 0 aliphatic heterocycles. The van der Waals surface area contributed by atoms with Gasteiger partial charge in [-0.2, -0.15) is 0 Å². The maximum absolute atomic E-state index is 12.1. The predicted molar refractivity (Wildman–Crippen MR) is 110 cm³/mol. The number of aliphatic hydroxyl groups excluding tert-OH is 2. The van der Waals surface area contributed by atoms with Gasteiger partial charge in [-0.25, -0.2) is 0 Å². The molecule has 30 heavy (non-hydrogen) atoms. The molecule has 1 spiro atoms. The zero-order chi connectivity index (χ0) is 22.1. The molecule has 0 aromatic rings. The fourth-order valence-corrected chi connectivity index (χ4v) is 7.98. The van der Waals surface area contributed by atoms with Crippen LogP contribution in [0.25, 0.3) is 0 Å². The summed E-state index contributed by atoms with van der Waals surface area (Å²) in [4.78, 5) is 23.8. The Labute approximate surface area is 179 Å². The molecular weight excluding hydrogens is 384 g/mol. The number of esters is 2. The van der Waals surface area contributed by atoms with E-state index in [1.807, 2.05) is 6.92 Å². The van der Waals surface area contributed by atoms with E-state index in [-0.39, 0.29) is 47.3 Å². The lowest BCUT2D eigenvalue weighted by Gasteiger charge is -2.67. The number of carbonyl (C=O) groups is 2. The molecule has 0 aromatic heterocycles. The second-order valence-corrected chi connectivity index (χ2v) is 11.0. The highest BCUT2D eigenvalue weighted by atomic mass is 16.5. The molecule has 3 saturated carbocycles. The van der Waals surface area contributed by atoms with E-state index in [0.29, 0.717) is 12.8 Å². The Kier molecular flexibility index (Phi) is 4.94. The van der Waals surface area contributed by atoms with Crippen LogP contribution in [0.5, 0.6) is 0 Å². The van der Waals surface area contributed by atoms with Crippen LogP contribution in [0.15, 0.2) is 12.2 Å². The van der Waals surface area contributed by atoms with Crippen molar-refractivity contribution in [1.29, 1.82) is 0 Å². The summed E-state index contributed by atoms with van der Waals surface area (Å²) in [6.07, 6.45) is 6.73. The van der Waals surface area contributed by atoms with Gasteiger partial charge in [0.15, 0.2) is 0 Å². The van der Waals surface area contributed by atoms with Crippen molar-refractivity contribution in [2.45, 2.75) is 85.0 Å². The van der Waals surface area contributed by atoms with E-state index < -0.39 is 23.0 Å². The smallest absolute Gasteiger partial charge is 0.302 e. The van der Waals surface area contributed by atoms with Crippen LogP contribution in [-0.4, -0.2) is 47.1 Å². The van der Waals surface area contributed by atoms with Crippen LogP contribution in [0.3, 0.4) is 0 Å². The number of fused-ring (bicyclic) bond motifs is 3. The third-order valence-electron chi connectivity index (χ3n) is 9.46. The Balaban J connectivity index is 1.82. The lowest BCUT2D eigenvalue weighted by atomic mass is 9.38. The number of ether oxygens (including phenoxy) is 2. The number of carbonyl (C=O) groups excluding carboxylic acids is 2. The molecule has 4 rings (SSSR count). The number of hydrogen-bond donors (Lipinski definition) is 2. The molecule has 0 amide bonds. The van der Waals surface area contributed by atoms with Crippen LogP contribution >= 0.6 is 0 Å². The van der Waals surface area contributed by atoms with Gasteiger partial charge < -0.3 is 19.7 Å². The Hall–Kier alpha value is -1.40. The minimum atomic E-state index is -0.632. The van der Waals surface area contributed by atoms with Crippen molar-refractivity contribution in [3.8, 4) is 0 Å². The van der Waals surface area contributed by atoms with Crippen LogP contribution in [0.2, 0.25) is 0 Å². The first-order valence-electron chi connectivity index (χ1n) is 11.3. The van der Waals surface area contributed by atoms with Gasteiger partial charge in [0, 0.05) is 24.7 Å². The van der Waals surface area contributed by atoms with Crippen LogP contribution in [-0.2, 0) is 19.1 Å². The Morgan fingerprint density at radius 3 is 2.20 bits per heavy atom. The second kappa shape index (κ2) is 6.80. The van der Waals surface area contributed by atoms with E-state index in [1.54, 1.807) is 0 Å². The minimum Gasteiger partial charge on any atom is -0.462 e. The molecule has 6 heteroatoms. The molecule has 0 saturated heterocycles. The lowest BCUT2D eigenvalue weighted by Crippen LogP contribution is -2.69. The van der Waals surface area contributed by atoms with E-state index >= 15 is 0 Å². The number of aliphatic hydroxyl groups is 2. The van der Waals surface area contributed by atoms with Crippen LogP contribution < -0.4 is 0 Å². The molecule has 0 aromatic carbocycles. The van der Waals surface area contributed by atoms with Gasteiger partial charge >= 0.3 is 11.9 Å². The molecule has 9 unspecified atom stereocenters. The highest BCUT2D eigenvalue weighted by molar-refractivity contribution is 5.67. The fourth-order valence-electron chi connectivity index (χ4n) is 7.98. The third-order valence-corrected chi connectivity index (χ3v) is 9.46. The van der Waals surface area contributed by atoms with Crippen molar-refractivity contribution in [2.24, 2.45) is 33.5 Å². The summed E-state index contributed by atoms with van der Waals surface area (Å²) in [6, 6.07) is 0. The van der Waals surface area contributed by atoms with Crippen molar-refractivity contribution in [3.05, 3.63) is 12.2 Å². The zero-order valence-corrected chi connectivity index (χ0v) is 18.8. The summed E-state index contributed by atoms with van der Waals surface area (Å²) in [6.45, 7) is 9.08. The fraction of sp³-hybridized carbons (Fsp3) is 0.833. The summed E-state index contributed by atoms with van der Waals surface area (Å²) in [5.74, 6) is -0.568. The average Bonchev–Trinajstić information content (AvgIpc) is 2.82. The first kappa shape index (κ1) is 21.8.